The van der Waals surface area contributed by atoms with Gasteiger partial charge in [0.05, 0.1) is 12.7 Å². The number of likely N-dealkylation sites (N-methyl/N-ethyl adjacent to an activating group) is 1. The highest BCUT2D eigenvalue weighted by Gasteiger charge is 2.36. The molecule has 12 heavy (non-hydrogen) atoms. The first-order valence-electron chi connectivity index (χ1n) is 4.21. The van der Waals surface area contributed by atoms with Gasteiger partial charge in [0.15, 0.2) is 0 Å². The highest BCUT2D eigenvalue weighted by atomic mass is 16.5. The van der Waals surface area contributed by atoms with E-state index >= 15 is 0 Å². The number of hydrogen-bond donors (Lipinski definition) is 1. The van der Waals surface area contributed by atoms with Crippen molar-refractivity contribution in [3.8, 4) is 0 Å². The number of aliphatic hydroxyl groups is 1. The fourth-order valence-electron chi connectivity index (χ4n) is 1.49. The zero-order chi connectivity index (χ0) is 9.14. The van der Waals surface area contributed by atoms with Gasteiger partial charge in [0.2, 0.25) is 0 Å². The van der Waals surface area contributed by atoms with Crippen LogP contribution in [0.2, 0.25) is 0 Å². The van der Waals surface area contributed by atoms with E-state index < -0.39 is 12.1 Å². The Hall–Kier alpha value is -0.610. The molecule has 0 amide bonds. The standard InChI is InChI=1S/C8H15NO3/c1-3-12-8(11)7-6(10)4-5-9(7)2/h6-7,10H,3-5H2,1-2H3/t6-,7+/m1/s1. The fourth-order valence-corrected chi connectivity index (χ4v) is 1.49. The largest absolute Gasteiger partial charge is 0.465 e. The Kier molecular flexibility index (Phi) is 3.05. The van der Waals surface area contributed by atoms with Crippen LogP contribution in [-0.4, -0.2) is 48.3 Å². The normalized spacial score (nSPS) is 30.6. The van der Waals surface area contributed by atoms with Crippen LogP contribution in [0.1, 0.15) is 13.3 Å². The number of likely N-dealkylation sites (tertiary alicyclic amines) is 1. The number of carbonyl (C=O) groups is 1. The lowest BCUT2D eigenvalue weighted by molar-refractivity contribution is -0.150. The molecule has 1 heterocycles. The number of esters is 1. The molecule has 1 aliphatic rings. The lowest BCUT2D eigenvalue weighted by Gasteiger charge is -2.19. The van der Waals surface area contributed by atoms with E-state index in [9.17, 15) is 9.90 Å². The van der Waals surface area contributed by atoms with Crippen molar-refractivity contribution >= 4 is 5.97 Å². The van der Waals surface area contributed by atoms with Crippen molar-refractivity contribution in [2.75, 3.05) is 20.2 Å². The summed E-state index contributed by atoms with van der Waals surface area (Å²) in [6.07, 6.45) is 0.0917. The van der Waals surface area contributed by atoms with E-state index in [0.29, 0.717) is 13.0 Å². The summed E-state index contributed by atoms with van der Waals surface area (Å²) in [7, 11) is 1.82. The Bertz CT molecular complexity index is 162. The Morgan fingerprint density at radius 3 is 2.83 bits per heavy atom. The third kappa shape index (κ3) is 1.76. The summed E-state index contributed by atoms with van der Waals surface area (Å²) in [6, 6.07) is -0.454. The number of rotatable bonds is 2. The van der Waals surface area contributed by atoms with Gasteiger partial charge in [-0.1, -0.05) is 0 Å². The van der Waals surface area contributed by atoms with Crippen molar-refractivity contribution < 1.29 is 14.6 Å². The molecule has 0 unspecified atom stereocenters. The summed E-state index contributed by atoms with van der Waals surface area (Å²) in [5, 5.41) is 9.41. The minimum Gasteiger partial charge on any atom is -0.465 e. The number of ether oxygens (including phenoxy) is 1. The molecule has 0 saturated carbocycles. The van der Waals surface area contributed by atoms with E-state index in [1.807, 2.05) is 11.9 Å². The van der Waals surface area contributed by atoms with Crippen LogP contribution in [0.15, 0.2) is 0 Å². The molecule has 0 aliphatic carbocycles. The van der Waals surface area contributed by atoms with Crippen LogP contribution >= 0.6 is 0 Å². The van der Waals surface area contributed by atoms with E-state index in [2.05, 4.69) is 0 Å². The van der Waals surface area contributed by atoms with Gasteiger partial charge in [0, 0.05) is 6.54 Å². The summed E-state index contributed by atoms with van der Waals surface area (Å²) in [5.41, 5.74) is 0. The average Bonchev–Trinajstić information content (AvgIpc) is 2.32. The maximum Gasteiger partial charge on any atom is 0.326 e. The number of aliphatic hydroxyl groups excluding tert-OH is 1. The van der Waals surface area contributed by atoms with E-state index in [-0.39, 0.29) is 5.97 Å². The summed E-state index contributed by atoms with van der Waals surface area (Å²) in [5.74, 6) is -0.315. The van der Waals surface area contributed by atoms with Gasteiger partial charge in [0.25, 0.3) is 0 Å². The van der Waals surface area contributed by atoms with Gasteiger partial charge in [0.1, 0.15) is 6.04 Å². The number of nitrogens with zero attached hydrogens (tertiary/aromatic N) is 1. The molecule has 4 nitrogen and oxygen atoms in total. The monoisotopic (exact) mass is 173 g/mol. The van der Waals surface area contributed by atoms with Crippen molar-refractivity contribution in [3.63, 3.8) is 0 Å². The third-order valence-corrected chi connectivity index (χ3v) is 2.14. The molecule has 0 spiro atoms. The lowest BCUT2D eigenvalue weighted by atomic mass is 10.2. The Labute approximate surface area is 72.1 Å². The van der Waals surface area contributed by atoms with Crippen LogP contribution in [0.3, 0.4) is 0 Å². The van der Waals surface area contributed by atoms with Crippen LogP contribution < -0.4 is 0 Å². The minimum atomic E-state index is -0.561. The second-order valence-corrected chi connectivity index (χ2v) is 3.03. The molecule has 0 aromatic rings. The Morgan fingerprint density at radius 2 is 2.42 bits per heavy atom. The molecule has 1 N–H and O–H groups in total. The third-order valence-electron chi connectivity index (χ3n) is 2.14. The van der Waals surface area contributed by atoms with Gasteiger partial charge >= 0.3 is 5.97 Å². The SMILES string of the molecule is CCOC(=O)[C@@H]1[C@H](O)CCN1C. The quantitative estimate of drug-likeness (QED) is 0.578. The van der Waals surface area contributed by atoms with E-state index in [1.165, 1.54) is 0 Å². The second-order valence-electron chi connectivity index (χ2n) is 3.03. The van der Waals surface area contributed by atoms with Gasteiger partial charge in [-0.05, 0) is 20.4 Å². The molecule has 70 valence electrons. The average molecular weight is 173 g/mol. The van der Waals surface area contributed by atoms with Crippen LogP contribution in [0.5, 0.6) is 0 Å². The van der Waals surface area contributed by atoms with E-state index in [1.54, 1.807) is 6.92 Å². The first kappa shape index (κ1) is 9.48. The zero-order valence-corrected chi connectivity index (χ0v) is 7.49. The van der Waals surface area contributed by atoms with Gasteiger partial charge < -0.3 is 9.84 Å². The predicted molar refractivity (Wildman–Crippen MR) is 43.7 cm³/mol. The molecule has 0 radical (unpaired) electrons. The van der Waals surface area contributed by atoms with Gasteiger partial charge in [-0.15, -0.1) is 0 Å². The maximum atomic E-state index is 11.2. The molecular weight excluding hydrogens is 158 g/mol. The fraction of sp³-hybridized carbons (Fsp3) is 0.875. The first-order chi connectivity index (χ1) is 5.66. The summed E-state index contributed by atoms with van der Waals surface area (Å²) < 4.78 is 4.83. The summed E-state index contributed by atoms with van der Waals surface area (Å²) in [6.45, 7) is 2.89. The number of hydrogen-bond acceptors (Lipinski definition) is 4. The second kappa shape index (κ2) is 3.87. The molecule has 4 heteroatoms. The molecule has 1 saturated heterocycles. The first-order valence-corrected chi connectivity index (χ1v) is 4.21. The summed E-state index contributed by atoms with van der Waals surface area (Å²) in [4.78, 5) is 13.1. The minimum absolute atomic E-state index is 0.315. The number of carbonyl (C=O) groups excluding carboxylic acids is 1. The smallest absolute Gasteiger partial charge is 0.326 e. The predicted octanol–water partition coefficient (Wildman–Crippen LogP) is -0.386. The zero-order valence-electron chi connectivity index (χ0n) is 7.49. The van der Waals surface area contributed by atoms with Crippen LogP contribution in [0.4, 0.5) is 0 Å². The van der Waals surface area contributed by atoms with Crippen molar-refractivity contribution in [1.29, 1.82) is 0 Å². The summed E-state index contributed by atoms with van der Waals surface area (Å²) >= 11 is 0. The highest BCUT2D eigenvalue weighted by Crippen LogP contribution is 2.16. The van der Waals surface area contributed by atoms with E-state index in [4.69, 9.17) is 4.74 Å². The molecule has 0 aromatic heterocycles. The van der Waals surface area contributed by atoms with E-state index in [0.717, 1.165) is 6.54 Å². The van der Waals surface area contributed by atoms with Crippen molar-refractivity contribution in [3.05, 3.63) is 0 Å². The highest BCUT2D eigenvalue weighted by molar-refractivity contribution is 5.76. The molecule has 2 atom stereocenters. The van der Waals surface area contributed by atoms with Gasteiger partial charge in [-0.25, -0.2) is 0 Å². The van der Waals surface area contributed by atoms with Gasteiger partial charge in [-0.2, -0.15) is 0 Å². The molecule has 1 aliphatic heterocycles. The van der Waals surface area contributed by atoms with Crippen LogP contribution in [-0.2, 0) is 9.53 Å². The topological polar surface area (TPSA) is 49.8 Å². The van der Waals surface area contributed by atoms with Crippen LogP contribution in [0.25, 0.3) is 0 Å². The lowest BCUT2D eigenvalue weighted by Crippen LogP contribution is -2.40. The molecule has 1 rings (SSSR count). The molecular formula is C8H15NO3. The van der Waals surface area contributed by atoms with Crippen molar-refractivity contribution in [1.82, 2.24) is 4.90 Å². The van der Waals surface area contributed by atoms with Gasteiger partial charge in [-0.3, -0.25) is 9.69 Å². The Morgan fingerprint density at radius 1 is 1.75 bits per heavy atom. The molecule has 0 bridgehead atoms. The maximum absolute atomic E-state index is 11.2. The molecule has 0 aromatic carbocycles. The Balaban J connectivity index is 2.53. The molecule has 1 fully saturated rings. The van der Waals surface area contributed by atoms with Crippen molar-refractivity contribution in [2.45, 2.75) is 25.5 Å². The van der Waals surface area contributed by atoms with Crippen molar-refractivity contribution in [2.24, 2.45) is 0 Å². The van der Waals surface area contributed by atoms with Crippen LogP contribution in [0, 0.1) is 0 Å².